The number of hydrogen-bond donors (Lipinski definition) is 2. The van der Waals surface area contributed by atoms with Gasteiger partial charge in [-0.1, -0.05) is 18.2 Å². The number of hydrazine groups is 1. The van der Waals surface area contributed by atoms with E-state index in [-0.39, 0.29) is 12.5 Å². The number of carbonyl (C=O) groups excluding carboxylic acids is 1. The molecule has 0 atom stereocenters. The zero-order chi connectivity index (χ0) is 13.7. The van der Waals surface area contributed by atoms with Crippen molar-refractivity contribution < 1.29 is 9.53 Å². The molecule has 0 bridgehead atoms. The standard InChI is InChI=1S/C14H21N3O2/c1-11-4-3-5-12(2)14(11)15-10-13(18)16-17-6-8-19-9-7-17/h3-5,15H,6-10H2,1-2H3,(H,16,18). The van der Waals surface area contributed by atoms with Gasteiger partial charge in [0.15, 0.2) is 0 Å². The lowest BCUT2D eigenvalue weighted by Gasteiger charge is -2.27. The Kier molecular flexibility index (Phi) is 4.76. The molecular weight excluding hydrogens is 242 g/mol. The van der Waals surface area contributed by atoms with Crippen LogP contribution in [0.3, 0.4) is 0 Å². The Morgan fingerprint density at radius 2 is 1.89 bits per heavy atom. The normalized spacial score (nSPS) is 16.1. The van der Waals surface area contributed by atoms with Crippen LogP contribution >= 0.6 is 0 Å². The van der Waals surface area contributed by atoms with Crippen LogP contribution in [0.4, 0.5) is 5.69 Å². The summed E-state index contributed by atoms with van der Waals surface area (Å²) in [6.07, 6.45) is 0. The number of benzene rings is 1. The lowest BCUT2D eigenvalue weighted by Crippen LogP contribution is -2.49. The number of nitrogens with zero attached hydrogens (tertiary/aromatic N) is 1. The van der Waals surface area contributed by atoms with Crippen LogP contribution in [0.1, 0.15) is 11.1 Å². The first-order valence-corrected chi connectivity index (χ1v) is 6.59. The molecule has 19 heavy (non-hydrogen) atoms. The average Bonchev–Trinajstić information content (AvgIpc) is 2.39. The molecule has 1 aromatic carbocycles. The van der Waals surface area contributed by atoms with Gasteiger partial charge in [-0.2, -0.15) is 0 Å². The molecular formula is C14H21N3O2. The summed E-state index contributed by atoms with van der Waals surface area (Å²) in [6, 6.07) is 6.09. The predicted octanol–water partition coefficient (Wildman–Crippen LogP) is 1.08. The number of aryl methyl sites for hydroxylation is 2. The van der Waals surface area contributed by atoms with E-state index < -0.39 is 0 Å². The Labute approximate surface area is 113 Å². The molecule has 0 aliphatic carbocycles. The van der Waals surface area contributed by atoms with Crippen molar-refractivity contribution in [3.05, 3.63) is 29.3 Å². The molecule has 0 spiro atoms. The van der Waals surface area contributed by atoms with Crippen molar-refractivity contribution in [3.8, 4) is 0 Å². The third-order valence-electron chi connectivity index (χ3n) is 3.20. The number of rotatable bonds is 4. The van der Waals surface area contributed by atoms with Gasteiger partial charge in [0, 0.05) is 18.8 Å². The highest BCUT2D eigenvalue weighted by molar-refractivity contribution is 5.80. The highest BCUT2D eigenvalue weighted by Gasteiger charge is 2.13. The van der Waals surface area contributed by atoms with Crippen LogP contribution in [0.25, 0.3) is 0 Å². The molecule has 1 aromatic rings. The Bertz CT molecular complexity index is 422. The number of morpholine rings is 1. The Balaban J connectivity index is 1.83. The molecule has 104 valence electrons. The average molecular weight is 263 g/mol. The van der Waals surface area contributed by atoms with Gasteiger partial charge in [0.2, 0.25) is 0 Å². The molecule has 0 unspecified atom stereocenters. The maximum absolute atomic E-state index is 11.9. The molecule has 1 heterocycles. The quantitative estimate of drug-likeness (QED) is 0.853. The van der Waals surface area contributed by atoms with Crippen LogP contribution in [-0.4, -0.2) is 43.8 Å². The Hall–Kier alpha value is -1.59. The summed E-state index contributed by atoms with van der Waals surface area (Å²) < 4.78 is 5.23. The maximum Gasteiger partial charge on any atom is 0.253 e. The summed E-state index contributed by atoms with van der Waals surface area (Å²) in [4.78, 5) is 11.9. The summed E-state index contributed by atoms with van der Waals surface area (Å²) in [5, 5.41) is 5.10. The highest BCUT2D eigenvalue weighted by Crippen LogP contribution is 2.18. The van der Waals surface area contributed by atoms with Crippen molar-refractivity contribution in [1.82, 2.24) is 10.4 Å². The Morgan fingerprint density at radius 1 is 1.26 bits per heavy atom. The molecule has 1 saturated heterocycles. The molecule has 1 aliphatic heterocycles. The molecule has 0 aromatic heterocycles. The zero-order valence-corrected chi connectivity index (χ0v) is 11.5. The molecule has 2 N–H and O–H groups in total. The van der Waals surface area contributed by atoms with Gasteiger partial charge in [0.1, 0.15) is 0 Å². The summed E-state index contributed by atoms with van der Waals surface area (Å²) in [6.45, 7) is 7.19. The summed E-state index contributed by atoms with van der Waals surface area (Å²) in [5.41, 5.74) is 6.23. The second-order valence-electron chi connectivity index (χ2n) is 4.75. The van der Waals surface area contributed by atoms with Crippen LogP contribution in [-0.2, 0) is 9.53 Å². The van der Waals surface area contributed by atoms with E-state index in [0.29, 0.717) is 13.2 Å². The van der Waals surface area contributed by atoms with Crippen molar-refractivity contribution in [1.29, 1.82) is 0 Å². The molecule has 1 amide bonds. The molecule has 5 nitrogen and oxygen atoms in total. The minimum absolute atomic E-state index is 0.0236. The van der Waals surface area contributed by atoms with Gasteiger partial charge in [0.05, 0.1) is 19.8 Å². The number of hydrogen-bond acceptors (Lipinski definition) is 4. The second-order valence-corrected chi connectivity index (χ2v) is 4.75. The fourth-order valence-electron chi connectivity index (χ4n) is 2.15. The second kappa shape index (κ2) is 6.54. The van der Waals surface area contributed by atoms with Crippen molar-refractivity contribution in [2.24, 2.45) is 0 Å². The SMILES string of the molecule is Cc1cccc(C)c1NCC(=O)NN1CCOCC1. The van der Waals surface area contributed by atoms with Crippen molar-refractivity contribution in [2.75, 3.05) is 38.2 Å². The molecule has 1 aliphatic rings. The first-order valence-electron chi connectivity index (χ1n) is 6.59. The molecule has 5 heteroatoms. The van der Waals surface area contributed by atoms with Gasteiger partial charge >= 0.3 is 0 Å². The lowest BCUT2D eigenvalue weighted by molar-refractivity contribution is -0.126. The number of nitrogens with one attached hydrogen (secondary N) is 2. The largest absolute Gasteiger partial charge is 0.379 e. The zero-order valence-electron chi connectivity index (χ0n) is 11.5. The summed E-state index contributed by atoms with van der Waals surface area (Å²) in [5.74, 6) is -0.0236. The molecule has 2 rings (SSSR count). The minimum atomic E-state index is -0.0236. The fourth-order valence-corrected chi connectivity index (χ4v) is 2.15. The van der Waals surface area contributed by atoms with E-state index in [1.807, 2.05) is 37.1 Å². The summed E-state index contributed by atoms with van der Waals surface area (Å²) in [7, 11) is 0. The van der Waals surface area contributed by atoms with E-state index >= 15 is 0 Å². The van der Waals surface area contributed by atoms with Gasteiger partial charge < -0.3 is 10.1 Å². The molecule has 0 saturated carbocycles. The van der Waals surface area contributed by atoms with Crippen LogP contribution < -0.4 is 10.7 Å². The van der Waals surface area contributed by atoms with Crippen molar-refractivity contribution >= 4 is 11.6 Å². The van der Waals surface area contributed by atoms with Gasteiger partial charge in [-0.15, -0.1) is 0 Å². The smallest absolute Gasteiger partial charge is 0.253 e. The third-order valence-corrected chi connectivity index (χ3v) is 3.20. The lowest BCUT2D eigenvalue weighted by atomic mass is 10.1. The van der Waals surface area contributed by atoms with Crippen LogP contribution in [0.15, 0.2) is 18.2 Å². The number of amides is 1. The van der Waals surface area contributed by atoms with Gasteiger partial charge in [-0.25, -0.2) is 5.01 Å². The summed E-state index contributed by atoms with van der Waals surface area (Å²) >= 11 is 0. The van der Waals surface area contributed by atoms with Gasteiger partial charge in [0.25, 0.3) is 5.91 Å². The first-order chi connectivity index (χ1) is 9.16. The van der Waals surface area contributed by atoms with Crippen molar-refractivity contribution in [2.45, 2.75) is 13.8 Å². The number of ether oxygens (including phenoxy) is 1. The number of carbonyl (C=O) groups is 1. The number of para-hydroxylation sites is 1. The van der Waals surface area contributed by atoms with Crippen LogP contribution in [0.5, 0.6) is 0 Å². The topological polar surface area (TPSA) is 53.6 Å². The van der Waals surface area contributed by atoms with E-state index in [2.05, 4.69) is 10.7 Å². The van der Waals surface area contributed by atoms with Crippen molar-refractivity contribution in [3.63, 3.8) is 0 Å². The third kappa shape index (κ3) is 3.94. The first kappa shape index (κ1) is 13.8. The Morgan fingerprint density at radius 3 is 2.53 bits per heavy atom. The van der Waals surface area contributed by atoms with E-state index in [9.17, 15) is 4.79 Å². The van der Waals surface area contributed by atoms with Gasteiger partial charge in [-0.3, -0.25) is 10.2 Å². The predicted molar refractivity (Wildman–Crippen MR) is 74.9 cm³/mol. The molecule has 0 radical (unpaired) electrons. The van der Waals surface area contributed by atoms with E-state index in [1.165, 1.54) is 0 Å². The monoisotopic (exact) mass is 263 g/mol. The number of anilines is 1. The van der Waals surface area contributed by atoms with Crippen LogP contribution in [0, 0.1) is 13.8 Å². The van der Waals surface area contributed by atoms with Gasteiger partial charge in [-0.05, 0) is 25.0 Å². The maximum atomic E-state index is 11.9. The highest BCUT2D eigenvalue weighted by atomic mass is 16.5. The fraction of sp³-hybridized carbons (Fsp3) is 0.500. The van der Waals surface area contributed by atoms with E-state index in [0.717, 1.165) is 29.9 Å². The van der Waals surface area contributed by atoms with Crippen LogP contribution in [0.2, 0.25) is 0 Å². The molecule has 1 fully saturated rings. The van der Waals surface area contributed by atoms with E-state index in [4.69, 9.17) is 4.74 Å². The minimum Gasteiger partial charge on any atom is -0.379 e. The van der Waals surface area contributed by atoms with E-state index in [1.54, 1.807) is 0 Å².